The number of sulfonamides is 1. The van der Waals surface area contributed by atoms with Crippen LogP contribution in [0.25, 0.3) is 0 Å². The first-order valence-electron chi connectivity index (χ1n) is 9.06. The van der Waals surface area contributed by atoms with Gasteiger partial charge in [0.2, 0.25) is 5.91 Å². The van der Waals surface area contributed by atoms with Crippen LogP contribution in [0.15, 0.2) is 71.8 Å². The van der Waals surface area contributed by atoms with Gasteiger partial charge in [-0.05, 0) is 36.4 Å². The van der Waals surface area contributed by atoms with Crippen molar-refractivity contribution in [1.29, 1.82) is 0 Å². The van der Waals surface area contributed by atoms with Gasteiger partial charge in [0.25, 0.3) is 10.0 Å². The second-order valence-corrected chi connectivity index (χ2v) is 8.53. The Hall–Kier alpha value is -3.30. The van der Waals surface area contributed by atoms with Crippen molar-refractivity contribution in [2.24, 2.45) is 0 Å². The van der Waals surface area contributed by atoms with Crippen molar-refractivity contribution < 1.29 is 22.7 Å². The van der Waals surface area contributed by atoms with Crippen molar-refractivity contribution in [2.45, 2.75) is 4.90 Å². The van der Waals surface area contributed by atoms with Crippen molar-refractivity contribution >= 4 is 38.9 Å². The number of halogens is 1. The number of hydrogen-bond donors (Lipinski definition) is 1. The minimum absolute atomic E-state index is 0.0285. The zero-order valence-electron chi connectivity index (χ0n) is 16.8. The number of aromatic nitrogens is 1. The van der Waals surface area contributed by atoms with Crippen LogP contribution >= 0.6 is 11.6 Å². The van der Waals surface area contributed by atoms with Crippen LogP contribution in [0.3, 0.4) is 0 Å². The monoisotopic (exact) mass is 461 g/mol. The van der Waals surface area contributed by atoms with E-state index in [1.54, 1.807) is 36.4 Å². The van der Waals surface area contributed by atoms with Crippen molar-refractivity contribution in [3.63, 3.8) is 0 Å². The molecule has 0 aliphatic heterocycles. The molecule has 0 unspecified atom stereocenters. The second-order valence-electron chi connectivity index (χ2n) is 6.28. The number of rotatable bonds is 8. The van der Waals surface area contributed by atoms with Crippen LogP contribution in [0.4, 0.5) is 11.4 Å². The first-order valence-corrected chi connectivity index (χ1v) is 10.9. The van der Waals surface area contributed by atoms with Gasteiger partial charge in [-0.1, -0.05) is 29.8 Å². The maximum absolute atomic E-state index is 13.5. The van der Waals surface area contributed by atoms with E-state index < -0.39 is 22.5 Å². The fraction of sp³-hybridized carbons (Fsp3) is 0.143. The number of methoxy groups -OCH3 is 2. The Morgan fingerprint density at radius 1 is 1.06 bits per heavy atom. The Morgan fingerprint density at radius 2 is 1.81 bits per heavy atom. The van der Waals surface area contributed by atoms with E-state index in [9.17, 15) is 13.2 Å². The lowest BCUT2D eigenvalue weighted by atomic mass is 10.2. The van der Waals surface area contributed by atoms with Crippen LogP contribution in [-0.4, -0.2) is 40.1 Å². The first-order chi connectivity index (χ1) is 14.8. The van der Waals surface area contributed by atoms with Gasteiger partial charge in [-0.15, -0.1) is 0 Å². The van der Waals surface area contributed by atoms with Gasteiger partial charge in [0.15, 0.2) is 0 Å². The first kappa shape index (κ1) is 22.4. The van der Waals surface area contributed by atoms with E-state index in [4.69, 9.17) is 21.1 Å². The number of pyridine rings is 1. The molecule has 10 heteroatoms. The molecule has 8 nitrogen and oxygen atoms in total. The van der Waals surface area contributed by atoms with Gasteiger partial charge < -0.3 is 14.8 Å². The van der Waals surface area contributed by atoms with Crippen molar-refractivity contribution in [2.75, 3.05) is 30.4 Å². The number of nitrogens with one attached hydrogen (secondary N) is 1. The van der Waals surface area contributed by atoms with Crippen LogP contribution in [0.5, 0.6) is 11.5 Å². The van der Waals surface area contributed by atoms with E-state index in [-0.39, 0.29) is 21.5 Å². The van der Waals surface area contributed by atoms with Crippen LogP contribution in [0.2, 0.25) is 5.15 Å². The zero-order chi connectivity index (χ0) is 22.4. The molecule has 0 aliphatic rings. The molecular weight excluding hydrogens is 442 g/mol. The quantitative estimate of drug-likeness (QED) is 0.515. The molecule has 0 spiro atoms. The molecule has 0 fully saturated rings. The highest BCUT2D eigenvalue weighted by atomic mass is 35.5. The van der Waals surface area contributed by atoms with Crippen LogP contribution in [-0.2, 0) is 14.8 Å². The Kier molecular flexibility index (Phi) is 6.98. The van der Waals surface area contributed by atoms with Crippen LogP contribution in [0.1, 0.15) is 0 Å². The third kappa shape index (κ3) is 5.25. The van der Waals surface area contributed by atoms with Gasteiger partial charge in [0, 0.05) is 6.07 Å². The molecule has 1 aromatic heterocycles. The summed E-state index contributed by atoms with van der Waals surface area (Å²) in [6.07, 6.45) is 1.38. The standard InChI is InChI=1S/C21H20ClN3O5S/c1-29-16-9-10-19(30-2)18(12-16)25(31(27,28)17-6-4-3-5-7-17)14-21(26)24-15-8-11-20(22)23-13-15/h3-13H,14H2,1-2H3,(H,24,26). The predicted octanol–water partition coefficient (Wildman–Crippen LogP) is 3.59. The molecular formula is C21H20ClN3O5S. The molecule has 162 valence electrons. The number of hydrogen-bond acceptors (Lipinski definition) is 6. The maximum atomic E-state index is 13.5. The molecule has 1 N–H and O–H groups in total. The number of carbonyl (C=O) groups excluding carboxylic acids is 1. The highest BCUT2D eigenvalue weighted by molar-refractivity contribution is 7.92. The summed E-state index contributed by atoms with van der Waals surface area (Å²) < 4.78 is 38.5. The number of carbonyl (C=O) groups is 1. The summed E-state index contributed by atoms with van der Waals surface area (Å²) in [4.78, 5) is 16.7. The van der Waals surface area contributed by atoms with E-state index in [0.717, 1.165) is 4.31 Å². The molecule has 0 aliphatic carbocycles. The fourth-order valence-corrected chi connectivity index (χ4v) is 4.35. The summed E-state index contributed by atoms with van der Waals surface area (Å²) in [5.41, 5.74) is 0.541. The van der Waals surface area contributed by atoms with E-state index in [1.165, 1.54) is 44.7 Å². The molecule has 3 rings (SSSR count). The summed E-state index contributed by atoms with van der Waals surface area (Å²) >= 11 is 5.77. The lowest BCUT2D eigenvalue weighted by molar-refractivity contribution is -0.114. The molecule has 31 heavy (non-hydrogen) atoms. The summed E-state index contributed by atoms with van der Waals surface area (Å²) in [6, 6.07) is 15.6. The van der Waals surface area contributed by atoms with Crippen LogP contribution in [0, 0.1) is 0 Å². The molecule has 1 amide bonds. The highest BCUT2D eigenvalue weighted by Crippen LogP contribution is 2.35. The lowest BCUT2D eigenvalue weighted by Crippen LogP contribution is -2.38. The Morgan fingerprint density at radius 3 is 2.42 bits per heavy atom. The summed E-state index contributed by atoms with van der Waals surface area (Å²) in [6.45, 7) is -0.511. The number of amides is 1. The molecule has 0 bridgehead atoms. The lowest BCUT2D eigenvalue weighted by Gasteiger charge is -2.26. The van der Waals surface area contributed by atoms with E-state index in [0.29, 0.717) is 11.4 Å². The van der Waals surface area contributed by atoms with Gasteiger partial charge in [0.05, 0.1) is 36.7 Å². The van der Waals surface area contributed by atoms with Crippen molar-refractivity contribution in [3.8, 4) is 11.5 Å². The Labute approximate surface area is 185 Å². The second kappa shape index (κ2) is 9.67. The maximum Gasteiger partial charge on any atom is 0.264 e. The van der Waals surface area contributed by atoms with E-state index in [1.807, 2.05) is 0 Å². The van der Waals surface area contributed by atoms with Gasteiger partial charge >= 0.3 is 0 Å². The van der Waals surface area contributed by atoms with E-state index >= 15 is 0 Å². The normalized spacial score (nSPS) is 10.9. The predicted molar refractivity (Wildman–Crippen MR) is 118 cm³/mol. The van der Waals surface area contributed by atoms with Crippen LogP contribution < -0.4 is 19.1 Å². The minimum atomic E-state index is -4.11. The molecule has 0 saturated heterocycles. The largest absolute Gasteiger partial charge is 0.497 e. The third-order valence-corrected chi connectivity index (χ3v) is 6.28. The van der Waals surface area contributed by atoms with Crippen molar-refractivity contribution in [3.05, 3.63) is 72.0 Å². The Balaban J connectivity index is 2.03. The average Bonchev–Trinajstić information content (AvgIpc) is 2.79. The number of anilines is 2. The number of nitrogens with zero attached hydrogens (tertiary/aromatic N) is 2. The topological polar surface area (TPSA) is 97.8 Å². The number of ether oxygens (including phenoxy) is 2. The smallest absolute Gasteiger partial charge is 0.264 e. The molecule has 1 heterocycles. The summed E-state index contributed by atoms with van der Waals surface area (Å²) in [5, 5.41) is 2.89. The SMILES string of the molecule is COc1ccc(OC)c(N(CC(=O)Nc2ccc(Cl)nc2)S(=O)(=O)c2ccccc2)c1. The van der Waals surface area contributed by atoms with Gasteiger partial charge in [0.1, 0.15) is 23.2 Å². The molecule has 3 aromatic rings. The van der Waals surface area contributed by atoms with Gasteiger partial charge in [-0.2, -0.15) is 0 Å². The Bertz CT molecular complexity index is 1160. The van der Waals surface area contributed by atoms with Crippen molar-refractivity contribution in [1.82, 2.24) is 4.98 Å². The highest BCUT2D eigenvalue weighted by Gasteiger charge is 2.30. The molecule has 2 aromatic carbocycles. The van der Waals surface area contributed by atoms with Gasteiger partial charge in [-0.3, -0.25) is 9.10 Å². The van der Waals surface area contributed by atoms with Gasteiger partial charge in [-0.25, -0.2) is 13.4 Å². The average molecular weight is 462 g/mol. The number of benzene rings is 2. The van der Waals surface area contributed by atoms with E-state index in [2.05, 4.69) is 10.3 Å². The summed E-state index contributed by atoms with van der Waals surface area (Å²) in [7, 11) is -1.23. The molecule has 0 saturated carbocycles. The zero-order valence-corrected chi connectivity index (χ0v) is 18.4. The fourth-order valence-electron chi connectivity index (χ4n) is 2.79. The third-order valence-electron chi connectivity index (χ3n) is 4.28. The summed E-state index contributed by atoms with van der Waals surface area (Å²) in [5.74, 6) is 0.0983. The molecule has 0 atom stereocenters. The minimum Gasteiger partial charge on any atom is -0.497 e. The molecule has 0 radical (unpaired) electrons.